The van der Waals surface area contributed by atoms with Gasteiger partial charge in [-0.1, -0.05) is 32.5 Å². The van der Waals surface area contributed by atoms with Crippen LogP contribution in [0.15, 0.2) is 17.6 Å². The number of imidazole rings is 1. The topological polar surface area (TPSA) is 40.7 Å². The predicted octanol–water partition coefficient (Wildman–Crippen LogP) is 3.45. The Morgan fingerprint density at radius 2 is 2.39 bits per heavy atom. The van der Waals surface area contributed by atoms with E-state index in [4.69, 9.17) is 0 Å². The second-order valence-electron chi connectivity index (χ2n) is 6.02. The zero-order valence-corrected chi connectivity index (χ0v) is 12.5. The van der Waals surface area contributed by atoms with Crippen LogP contribution in [0.2, 0.25) is 0 Å². The lowest BCUT2D eigenvalue weighted by Crippen LogP contribution is -2.45. The van der Waals surface area contributed by atoms with E-state index >= 15 is 0 Å². The van der Waals surface area contributed by atoms with Crippen molar-refractivity contribution in [2.75, 3.05) is 6.54 Å². The van der Waals surface area contributed by atoms with Crippen LogP contribution in [-0.4, -0.2) is 27.8 Å². The first kappa shape index (κ1) is 13.9. The highest BCUT2D eigenvalue weighted by molar-refractivity contribution is 7.99. The summed E-state index contributed by atoms with van der Waals surface area (Å²) in [5.41, 5.74) is 0.467. The fourth-order valence-electron chi connectivity index (χ4n) is 2.67. The summed E-state index contributed by atoms with van der Waals surface area (Å²) in [6.07, 6.45) is 8.82. The lowest BCUT2D eigenvalue weighted by molar-refractivity contribution is 0.214. The molecule has 1 aromatic heterocycles. The van der Waals surface area contributed by atoms with Crippen molar-refractivity contribution in [3.8, 4) is 0 Å². The second-order valence-corrected chi connectivity index (χ2v) is 7.25. The molecule has 3 nitrogen and oxygen atoms in total. The van der Waals surface area contributed by atoms with Crippen molar-refractivity contribution in [2.24, 2.45) is 5.41 Å². The van der Waals surface area contributed by atoms with Crippen molar-refractivity contribution < 1.29 is 0 Å². The third-order valence-electron chi connectivity index (χ3n) is 3.73. The SMILES string of the molecule is CCCNC1CCC(C)(C)CC1Sc1ncc[nH]1. The molecule has 0 saturated heterocycles. The summed E-state index contributed by atoms with van der Waals surface area (Å²) in [4.78, 5) is 7.56. The normalized spacial score (nSPS) is 27.3. The van der Waals surface area contributed by atoms with Crippen LogP contribution in [0, 0.1) is 5.41 Å². The molecule has 0 radical (unpaired) electrons. The average Bonchev–Trinajstić information content (AvgIpc) is 2.80. The maximum atomic E-state index is 4.35. The van der Waals surface area contributed by atoms with Crippen molar-refractivity contribution in [3.63, 3.8) is 0 Å². The molecular weight excluding hydrogens is 242 g/mol. The Hall–Kier alpha value is -0.480. The molecule has 0 aromatic carbocycles. The molecule has 0 amide bonds. The molecule has 1 saturated carbocycles. The molecule has 18 heavy (non-hydrogen) atoms. The van der Waals surface area contributed by atoms with Crippen LogP contribution in [0.5, 0.6) is 0 Å². The molecule has 1 aliphatic rings. The molecule has 2 N–H and O–H groups in total. The predicted molar refractivity (Wildman–Crippen MR) is 77.9 cm³/mol. The lowest BCUT2D eigenvalue weighted by Gasteiger charge is -2.40. The van der Waals surface area contributed by atoms with E-state index in [1.165, 1.54) is 25.7 Å². The molecule has 0 aliphatic heterocycles. The van der Waals surface area contributed by atoms with Gasteiger partial charge in [0.25, 0.3) is 0 Å². The van der Waals surface area contributed by atoms with Crippen LogP contribution in [0.3, 0.4) is 0 Å². The van der Waals surface area contributed by atoms with E-state index in [0.29, 0.717) is 16.7 Å². The third-order valence-corrected chi connectivity index (χ3v) is 4.97. The smallest absolute Gasteiger partial charge is 0.165 e. The minimum absolute atomic E-state index is 0.467. The average molecular weight is 267 g/mol. The molecule has 0 bridgehead atoms. The summed E-state index contributed by atoms with van der Waals surface area (Å²) >= 11 is 1.90. The van der Waals surface area contributed by atoms with E-state index in [-0.39, 0.29) is 0 Å². The molecule has 0 spiro atoms. The van der Waals surface area contributed by atoms with Gasteiger partial charge in [-0.3, -0.25) is 0 Å². The molecule has 1 heterocycles. The van der Waals surface area contributed by atoms with Crippen molar-refractivity contribution in [3.05, 3.63) is 12.4 Å². The Balaban J connectivity index is 1.99. The highest BCUT2D eigenvalue weighted by atomic mass is 32.2. The fraction of sp³-hybridized carbons (Fsp3) is 0.786. The molecule has 102 valence electrons. The number of nitrogens with zero attached hydrogens (tertiary/aromatic N) is 1. The quantitative estimate of drug-likeness (QED) is 0.858. The number of thioether (sulfide) groups is 1. The van der Waals surface area contributed by atoms with Crippen molar-refractivity contribution in [1.29, 1.82) is 0 Å². The van der Waals surface area contributed by atoms with Crippen molar-refractivity contribution in [2.45, 2.75) is 62.9 Å². The summed E-state index contributed by atoms with van der Waals surface area (Å²) in [6, 6.07) is 0.632. The van der Waals surface area contributed by atoms with Crippen LogP contribution >= 0.6 is 11.8 Å². The molecule has 1 fully saturated rings. The second kappa shape index (κ2) is 6.11. The number of hydrogen-bond acceptors (Lipinski definition) is 3. The van der Waals surface area contributed by atoms with Crippen LogP contribution < -0.4 is 5.32 Å². The van der Waals surface area contributed by atoms with Gasteiger partial charge in [0.1, 0.15) is 0 Å². The first-order valence-corrected chi connectivity index (χ1v) is 7.88. The zero-order chi connectivity index (χ0) is 13.0. The van der Waals surface area contributed by atoms with Gasteiger partial charge in [-0.2, -0.15) is 0 Å². The molecule has 2 unspecified atom stereocenters. The highest BCUT2D eigenvalue weighted by Crippen LogP contribution is 2.41. The van der Waals surface area contributed by atoms with Gasteiger partial charge in [-0.15, -0.1) is 0 Å². The summed E-state index contributed by atoms with van der Waals surface area (Å²) < 4.78 is 0. The number of aromatic amines is 1. The maximum Gasteiger partial charge on any atom is 0.165 e. The number of hydrogen-bond donors (Lipinski definition) is 2. The van der Waals surface area contributed by atoms with Crippen LogP contribution in [0.4, 0.5) is 0 Å². The number of H-pyrrole nitrogens is 1. The zero-order valence-electron chi connectivity index (χ0n) is 11.7. The standard InChI is InChI=1S/C14H25N3S/c1-4-7-15-11-5-6-14(2,3)10-12(11)18-13-16-8-9-17-13/h8-9,11-12,15H,4-7,10H2,1-3H3,(H,16,17). The van der Waals surface area contributed by atoms with Gasteiger partial charge in [0, 0.05) is 23.7 Å². The van der Waals surface area contributed by atoms with E-state index in [0.717, 1.165) is 11.7 Å². The highest BCUT2D eigenvalue weighted by Gasteiger charge is 2.35. The first-order valence-electron chi connectivity index (χ1n) is 7.00. The summed E-state index contributed by atoms with van der Waals surface area (Å²) in [6.45, 7) is 8.13. The third kappa shape index (κ3) is 3.75. The van der Waals surface area contributed by atoms with Gasteiger partial charge in [0.2, 0.25) is 0 Å². The van der Waals surface area contributed by atoms with E-state index < -0.39 is 0 Å². The minimum atomic E-state index is 0.467. The Labute approximate surface area is 115 Å². The van der Waals surface area contributed by atoms with Crippen molar-refractivity contribution >= 4 is 11.8 Å². The fourth-order valence-corrected chi connectivity index (χ4v) is 4.14. The molecule has 2 atom stereocenters. The van der Waals surface area contributed by atoms with E-state index in [1.807, 2.05) is 24.2 Å². The van der Waals surface area contributed by atoms with Crippen molar-refractivity contribution in [1.82, 2.24) is 15.3 Å². The lowest BCUT2D eigenvalue weighted by atomic mass is 9.75. The molecule has 2 rings (SSSR count). The van der Waals surface area contributed by atoms with Crippen LogP contribution in [-0.2, 0) is 0 Å². The van der Waals surface area contributed by atoms with E-state index in [1.54, 1.807) is 0 Å². The molecule has 1 aliphatic carbocycles. The van der Waals surface area contributed by atoms with Gasteiger partial charge in [-0.05, 0) is 37.6 Å². The van der Waals surface area contributed by atoms with Gasteiger partial charge in [0.15, 0.2) is 5.16 Å². The van der Waals surface area contributed by atoms with E-state index in [9.17, 15) is 0 Å². The van der Waals surface area contributed by atoms with Crippen LogP contribution in [0.1, 0.15) is 46.5 Å². The minimum Gasteiger partial charge on any atom is -0.340 e. The molecular formula is C14H25N3S. The number of aromatic nitrogens is 2. The Kier molecular flexibility index (Phi) is 4.73. The largest absolute Gasteiger partial charge is 0.340 e. The van der Waals surface area contributed by atoms with E-state index in [2.05, 4.69) is 36.1 Å². The van der Waals surface area contributed by atoms with Gasteiger partial charge >= 0.3 is 0 Å². The maximum absolute atomic E-state index is 4.35. The molecule has 1 aromatic rings. The number of nitrogens with one attached hydrogen (secondary N) is 2. The van der Waals surface area contributed by atoms with Gasteiger partial charge < -0.3 is 10.3 Å². The van der Waals surface area contributed by atoms with Gasteiger partial charge in [0.05, 0.1) is 0 Å². The molecule has 4 heteroatoms. The number of rotatable bonds is 5. The first-order chi connectivity index (χ1) is 8.61. The Morgan fingerprint density at radius 3 is 3.06 bits per heavy atom. The van der Waals surface area contributed by atoms with Gasteiger partial charge in [-0.25, -0.2) is 4.98 Å². The monoisotopic (exact) mass is 267 g/mol. The summed E-state index contributed by atoms with van der Waals surface area (Å²) in [5.74, 6) is 0. The summed E-state index contributed by atoms with van der Waals surface area (Å²) in [5, 5.41) is 5.40. The van der Waals surface area contributed by atoms with Crippen LogP contribution in [0.25, 0.3) is 0 Å². The Morgan fingerprint density at radius 1 is 1.56 bits per heavy atom. The summed E-state index contributed by atoms with van der Waals surface area (Å²) in [7, 11) is 0. The Bertz CT molecular complexity index is 348.